The molecule has 4 heteroatoms. The Balaban J connectivity index is 1.57. The highest BCUT2D eigenvalue weighted by Gasteiger charge is 2.27. The fraction of sp³-hybridized carbons (Fsp3) is 0.588. The number of primary amides is 1. The Morgan fingerprint density at radius 3 is 2.43 bits per heavy atom. The number of hydrogen-bond donors (Lipinski definition) is 2. The maximum atomic E-state index is 11.5. The molecule has 0 unspecified atom stereocenters. The molecule has 0 bridgehead atoms. The molecule has 1 aliphatic heterocycles. The lowest BCUT2D eigenvalue weighted by Gasteiger charge is -2.35. The summed E-state index contributed by atoms with van der Waals surface area (Å²) >= 11 is 0. The predicted molar refractivity (Wildman–Crippen MR) is 85.4 cm³/mol. The number of nitrogens with two attached hydrogens (primary N) is 1. The minimum atomic E-state index is -0.358. The van der Waals surface area contributed by atoms with Gasteiger partial charge in [-0.3, -0.25) is 4.79 Å². The molecule has 1 aromatic rings. The lowest BCUT2D eigenvalue weighted by atomic mass is 9.90. The third-order valence-electron chi connectivity index (χ3n) is 4.91. The van der Waals surface area contributed by atoms with E-state index in [0.29, 0.717) is 11.6 Å². The first kappa shape index (κ1) is 14.4. The van der Waals surface area contributed by atoms with Crippen LogP contribution in [0.3, 0.4) is 0 Å². The average molecular weight is 287 g/mol. The maximum Gasteiger partial charge on any atom is 0.250 e. The summed E-state index contributed by atoms with van der Waals surface area (Å²) in [4.78, 5) is 14.1. The fourth-order valence-corrected chi connectivity index (χ4v) is 3.74. The Morgan fingerprint density at radius 2 is 1.76 bits per heavy atom. The molecule has 1 aromatic carbocycles. The van der Waals surface area contributed by atoms with Crippen molar-refractivity contribution < 1.29 is 4.79 Å². The molecule has 0 atom stereocenters. The van der Waals surface area contributed by atoms with Crippen LogP contribution in [0.1, 0.15) is 48.9 Å². The quantitative estimate of drug-likeness (QED) is 0.895. The molecule has 2 fully saturated rings. The van der Waals surface area contributed by atoms with E-state index in [2.05, 4.69) is 10.2 Å². The van der Waals surface area contributed by atoms with Gasteiger partial charge in [0.15, 0.2) is 0 Å². The van der Waals surface area contributed by atoms with Crippen LogP contribution in [0.5, 0.6) is 0 Å². The number of likely N-dealkylation sites (tertiary alicyclic amines) is 1. The minimum Gasteiger partial charge on any atom is -0.382 e. The Morgan fingerprint density at radius 1 is 1.10 bits per heavy atom. The number of carbonyl (C=O) groups excluding carboxylic acids is 1. The van der Waals surface area contributed by atoms with Crippen molar-refractivity contribution in [2.45, 2.75) is 50.6 Å². The molecule has 3 rings (SSSR count). The largest absolute Gasteiger partial charge is 0.382 e. The number of para-hydroxylation sites is 1. The van der Waals surface area contributed by atoms with Crippen molar-refractivity contribution in [2.75, 3.05) is 18.4 Å². The van der Waals surface area contributed by atoms with Crippen LogP contribution in [0.15, 0.2) is 24.3 Å². The smallest absolute Gasteiger partial charge is 0.250 e. The monoisotopic (exact) mass is 287 g/mol. The van der Waals surface area contributed by atoms with Crippen molar-refractivity contribution in [3.05, 3.63) is 29.8 Å². The Labute approximate surface area is 126 Å². The lowest BCUT2D eigenvalue weighted by molar-refractivity contribution is 0.100. The Hall–Kier alpha value is -1.55. The summed E-state index contributed by atoms with van der Waals surface area (Å²) in [5.74, 6) is -0.358. The number of carbonyl (C=O) groups is 1. The van der Waals surface area contributed by atoms with E-state index in [4.69, 9.17) is 5.73 Å². The van der Waals surface area contributed by atoms with Crippen molar-refractivity contribution in [2.24, 2.45) is 5.73 Å². The van der Waals surface area contributed by atoms with E-state index >= 15 is 0 Å². The second-order valence-electron chi connectivity index (χ2n) is 6.30. The molecule has 1 saturated carbocycles. The van der Waals surface area contributed by atoms with Gasteiger partial charge in [-0.15, -0.1) is 0 Å². The zero-order valence-electron chi connectivity index (χ0n) is 12.6. The number of rotatable bonds is 4. The Kier molecular flexibility index (Phi) is 4.44. The third-order valence-corrected chi connectivity index (χ3v) is 4.91. The minimum absolute atomic E-state index is 0.358. The van der Waals surface area contributed by atoms with E-state index in [1.807, 2.05) is 18.2 Å². The van der Waals surface area contributed by atoms with Gasteiger partial charge in [-0.2, -0.15) is 0 Å². The zero-order valence-corrected chi connectivity index (χ0v) is 12.6. The van der Waals surface area contributed by atoms with Gasteiger partial charge in [-0.25, -0.2) is 0 Å². The van der Waals surface area contributed by atoms with E-state index in [0.717, 1.165) is 11.7 Å². The molecule has 4 nitrogen and oxygen atoms in total. The maximum absolute atomic E-state index is 11.5. The molecule has 21 heavy (non-hydrogen) atoms. The van der Waals surface area contributed by atoms with Gasteiger partial charge >= 0.3 is 0 Å². The third kappa shape index (κ3) is 3.38. The summed E-state index contributed by atoms with van der Waals surface area (Å²) in [6.45, 7) is 2.57. The van der Waals surface area contributed by atoms with Crippen LogP contribution in [0, 0.1) is 0 Å². The first-order chi connectivity index (χ1) is 10.2. The van der Waals surface area contributed by atoms with E-state index in [1.54, 1.807) is 6.07 Å². The summed E-state index contributed by atoms with van der Waals surface area (Å²) in [5.41, 5.74) is 6.92. The molecular weight excluding hydrogens is 262 g/mol. The number of amides is 1. The lowest BCUT2D eigenvalue weighted by Crippen LogP contribution is -2.39. The van der Waals surface area contributed by atoms with Crippen molar-refractivity contribution >= 4 is 11.6 Å². The first-order valence-electron chi connectivity index (χ1n) is 8.13. The average Bonchev–Trinajstić information content (AvgIpc) is 3.03. The first-order valence-corrected chi connectivity index (χ1v) is 8.13. The zero-order chi connectivity index (χ0) is 14.7. The molecule has 1 aliphatic carbocycles. The molecule has 0 aromatic heterocycles. The van der Waals surface area contributed by atoms with Gasteiger partial charge < -0.3 is 16.0 Å². The van der Waals surface area contributed by atoms with Gasteiger partial charge in [0, 0.05) is 17.8 Å². The van der Waals surface area contributed by atoms with E-state index in [1.165, 1.54) is 51.6 Å². The van der Waals surface area contributed by atoms with Crippen molar-refractivity contribution in [1.29, 1.82) is 0 Å². The van der Waals surface area contributed by atoms with Crippen LogP contribution in [-0.4, -0.2) is 36.0 Å². The van der Waals surface area contributed by atoms with Gasteiger partial charge in [-0.05, 0) is 63.7 Å². The predicted octanol–water partition coefficient (Wildman–Crippen LogP) is 2.60. The summed E-state index contributed by atoms with van der Waals surface area (Å²) < 4.78 is 0. The molecule has 1 saturated heterocycles. The van der Waals surface area contributed by atoms with Crippen LogP contribution >= 0.6 is 0 Å². The van der Waals surface area contributed by atoms with Crippen LogP contribution in [0.25, 0.3) is 0 Å². The van der Waals surface area contributed by atoms with Crippen LogP contribution in [0.2, 0.25) is 0 Å². The second kappa shape index (κ2) is 6.48. The van der Waals surface area contributed by atoms with E-state index in [9.17, 15) is 4.79 Å². The molecular formula is C17H25N3O. The topological polar surface area (TPSA) is 58.4 Å². The van der Waals surface area contributed by atoms with Crippen molar-refractivity contribution in [1.82, 2.24) is 4.90 Å². The molecule has 3 N–H and O–H groups in total. The van der Waals surface area contributed by atoms with Gasteiger partial charge in [0.05, 0.1) is 5.56 Å². The van der Waals surface area contributed by atoms with Crippen LogP contribution < -0.4 is 11.1 Å². The summed E-state index contributed by atoms with van der Waals surface area (Å²) in [5, 5.41) is 3.52. The molecule has 0 radical (unpaired) electrons. The molecule has 1 amide bonds. The number of nitrogens with zero attached hydrogens (tertiary/aromatic N) is 1. The number of benzene rings is 1. The summed E-state index contributed by atoms with van der Waals surface area (Å²) in [6.07, 6.45) is 7.60. The van der Waals surface area contributed by atoms with Crippen molar-refractivity contribution in [3.63, 3.8) is 0 Å². The van der Waals surface area contributed by atoms with Gasteiger partial charge in [-0.1, -0.05) is 12.1 Å². The molecule has 1 heterocycles. The fourth-order valence-electron chi connectivity index (χ4n) is 3.74. The SMILES string of the molecule is NC(=O)c1ccccc1NC1CCC(N2CCCC2)CC1. The number of hydrogen-bond acceptors (Lipinski definition) is 3. The van der Waals surface area contributed by atoms with E-state index in [-0.39, 0.29) is 5.91 Å². The summed E-state index contributed by atoms with van der Waals surface area (Å²) in [6, 6.07) is 8.79. The highest BCUT2D eigenvalue weighted by Crippen LogP contribution is 2.28. The number of nitrogens with one attached hydrogen (secondary N) is 1. The second-order valence-corrected chi connectivity index (χ2v) is 6.30. The highest BCUT2D eigenvalue weighted by atomic mass is 16.1. The van der Waals surface area contributed by atoms with Crippen molar-refractivity contribution in [3.8, 4) is 0 Å². The highest BCUT2D eigenvalue weighted by molar-refractivity contribution is 5.98. The molecule has 0 spiro atoms. The van der Waals surface area contributed by atoms with E-state index < -0.39 is 0 Å². The van der Waals surface area contributed by atoms with Gasteiger partial charge in [0.2, 0.25) is 0 Å². The van der Waals surface area contributed by atoms with Crippen LogP contribution in [-0.2, 0) is 0 Å². The normalized spacial score (nSPS) is 26.7. The van der Waals surface area contributed by atoms with Crippen LogP contribution in [0.4, 0.5) is 5.69 Å². The van der Waals surface area contributed by atoms with Gasteiger partial charge in [0.25, 0.3) is 5.91 Å². The van der Waals surface area contributed by atoms with Gasteiger partial charge in [0.1, 0.15) is 0 Å². The summed E-state index contributed by atoms with van der Waals surface area (Å²) in [7, 11) is 0. The molecule has 2 aliphatic rings. The molecule has 114 valence electrons. The standard InChI is InChI=1S/C17H25N3O/c18-17(21)15-5-1-2-6-16(15)19-13-7-9-14(10-8-13)20-11-3-4-12-20/h1-2,5-6,13-14,19H,3-4,7-12H2,(H2,18,21). The number of anilines is 1. The Bertz CT molecular complexity index is 489.